The van der Waals surface area contributed by atoms with Gasteiger partial charge in [0, 0.05) is 30.7 Å². The molecule has 12 heavy (non-hydrogen) atoms. The summed E-state index contributed by atoms with van der Waals surface area (Å²) in [6, 6.07) is 1.68. The number of likely N-dealkylation sites (tertiary alicyclic amines) is 2. The minimum absolute atomic E-state index is 0.376. The Balaban J connectivity index is 2.08. The van der Waals surface area contributed by atoms with Gasteiger partial charge < -0.3 is 4.90 Å². The van der Waals surface area contributed by atoms with Crippen molar-refractivity contribution in [3.63, 3.8) is 0 Å². The summed E-state index contributed by atoms with van der Waals surface area (Å²) < 4.78 is 0. The summed E-state index contributed by atoms with van der Waals surface area (Å²) >= 11 is 0. The molecule has 0 aromatic carbocycles. The summed E-state index contributed by atoms with van der Waals surface area (Å²) in [6.07, 6.45) is 1.40. The van der Waals surface area contributed by atoms with E-state index in [1.165, 1.54) is 19.5 Å². The molecule has 2 atom stereocenters. The topological polar surface area (TPSA) is 6.48 Å². The molecule has 2 saturated heterocycles. The molecular weight excluding hydrogens is 148 g/mol. The van der Waals surface area contributed by atoms with Crippen LogP contribution in [0.5, 0.6) is 0 Å². The van der Waals surface area contributed by atoms with Crippen LogP contribution < -0.4 is 0 Å². The lowest BCUT2D eigenvalue weighted by Crippen LogP contribution is -2.52. The molecule has 2 aliphatic heterocycles. The number of nitrogens with zero attached hydrogens (tertiary/aromatic N) is 2. The summed E-state index contributed by atoms with van der Waals surface area (Å²) in [5, 5.41) is 0. The van der Waals surface area contributed by atoms with E-state index in [4.69, 9.17) is 0 Å². The van der Waals surface area contributed by atoms with Crippen LogP contribution in [-0.2, 0) is 0 Å². The first-order valence-corrected chi connectivity index (χ1v) is 4.95. The molecule has 0 saturated carbocycles. The molecule has 0 radical (unpaired) electrons. The lowest BCUT2D eigenvalue weighted by Gasteiger charge is -2.41. The van der Waals surface area contributed by atoms with Crippen LogP contribution in [0.4, 0.5) is 0 Å². The second-order valence-corrected chi connectivity index (χ2v) is 5.31. The molecule has 2 aliphatic rings. The Kier molecular flexibility index (Phi) is 1.74. The first-order valence-electron chi connectivity index (χ1n) is 4.95. The molecule has 2 bridgehead atoms. The lowest BCUT2D eigenvalue weighted by atomic mass is 10.0. The number of rotatable bonds is 0. The first kappa shape index (κ1) is 8.52. The van der Waals surface area contributed by atoms with Gasteiger partial charge in [0.1, 0.15) is 0 Å². The predicted molar refractivity (Wildman–Crippen MR) is 51.3 cm³/mol. The van der Waals surface area contributed by atoms with Crippen LogP contribution in [0.1, 0.15) is 27.2 Å². The average molecular weight is 168 g/mol. The molecule has 2 unspecified atom stereocenters. The summed E-state index contributed by atoms with van der Waals surface area (Å²) in [4.78, 5) is 5.17. The van der Waals surface area contributed by atoms with Gasteiger partial charge >= 0.3 is 0 Å². The van der Waals surface area contributed by atoms with Gasteiger partial charge in [0.15, 0.2) is 0 Å². The molecule has 2 rings (SSSR count). The Morgan fingerprint density at radius 2 is 1.75 bits per heavy atom. The standard InChI is InChI=1S/C10H20N2/c1-10(2,3)12-7-8-5-9(12)6-11(8)4/h8-9H,5-7H2,1-4H3. The van der Waals surface area contributed by atoms with E-state index in [2.05, 4.69) is 37.6 Å². The SMILES string of the molecule is CN1CC2CC1CN2C(C)(C)C. The summed E-state index contributed by atoms with van der Waals surface area (Å²) in [6.45, 7) is 9.54. The average Bonchev–Trinajstić information content (AvgIpc) is 2.41. The lowest BCUT2D eigenvalue weighted by molar-refractivity contribution is 0.0677. The maximum absolute atomic E-state index is 2.66. The highest BCUT2D eigenvalue weighted by Gasteiger charge is 2.45. The van der Waals surface area contributed by atoms with Gasteiger partial charge in [-0.1, -0.05) is 0 Å². The Bertz CT molecular complexity index is 181. The molecule has 0 aromatic rings. The number of piperazine rings is 1. The van der Waals surface area contributed by atoms with Gasteiger partial charge in [0.25, 0.3) is 0 Å². The van der Waals surface area contributed by atoms with Gasteiger partial charge in [-0.3, -0.25) is 4.90 Å². The Hall–Kier alpha value is -0.0800. The van der Waals surface area contributed by atoms with E-state index in [1.54, 1.807) is 0 Å². The zero-order valence-corrected chi connectivity index (χ0v) is 8.67. The van der Waals surface area contributed by atoms with Gasteiger partial charge in [0.05, 0.1) is 0 Å². The molecule has 2 nitrogen and oxygen atoms in total. The molecular formula is C10H20N2. The van der Waals surface area contributed by atoms with Gasteiger partial charge in [-0.25, -0.2) is 0 Å². The zero-order chi connectivity index (χ0) is 8.93. The Labute approximate surface area is 75.5 Å². The van der Waals surface area contributed by atoms with Crippen LogP contribution in [-0.4, -0.2) is 47.6 Å². The van der Waals surface area contributed by atoms with Crippen molar-refractivity contribution in [1.82, 2.24) is 9.80 Å². The van der Waals surface area contributed by atoms with Crippen molar-refractivity contribution in [2.75, 3.05) is 20.1 Å². The van der Waals surface area contributed by atoms with E-state index in [0.29, 0.717) is 5.54 Å². The van der Waals surface area contributed by atoms with Crippen molar-refractivity contribution in [2.45, 2.75) is 44.8 Å². The van der Waals surface area contributed by atoms with Crippen LogP contribution in [0.3, 0.4) is 0 Å². The van der Waals surface area contributed by atoms with Crippen molar-refractivity contribution in [2.24, 2.45) is 0 Å². The van der Waals surface area contributed by atoms with Crippen molar-refractivity contribution >= 4 is 0 Å². The van der Waals surface area contributed by atoms with E-state index < -0.39 is 0 Å². The molecule has 70 valence electrons. The maximum Gasteiger partial charge on any atom is 0.0244 e. The van der Waals surface area contributed by atoms with E-state index in [0.717, 1.165) is 12.1 Å². The quantitative estimate of drug-likeness (QED) is 0.536. The number of likely N-dealkylation sites (N-methyl/N-ethyl adjacent to an activating group) is 1. The third kappa shape index (κ3) is 1.17. The maximum atomic E-state index is 2.66. The van der Waals surface area contributed by atoms with E-state index in [9.17, 15) is 0 Å². The fraction of sp³-hybridized carbons (Fsp3) is 1.00. The van der Waals surface area contributed by atoms with E-state index in [-0.39, 0.29) is 0 Å². The summed E-state index contributed by atoms with van der Waals surface area (Å²) in [7, 11) is 2.25. The monoisotopic (exact) mass is 168 g/mol. The fourth-order valence-electron chi connectivity index (χ4n) is 2.69. The minimum Gasteiger partial charge on any atom is -0.301 e. The second kappa shape index (κ2) is 2.46. The van der Waals surface area contributed by atoms with Crippen LogP contribution in [0.25, 0.3) is 0 Å². The van der Waals surface area contributed by atoms with Gasteiger partial charge in [-0.15, -0.1) is 0 Å². The molecule has 2 fully saturated rings. The molecule has 0 spiro atoms. The number of hydrogen-bond acceptors (Lipinski definition) is 2. The minimum atomic E-state index is 0.376. The third-order valence-corrected chi connectivity index (χ3v) is 3.38. The second-order valence-electron chi connectivity index (χ2n) is 5.31. The van der Waals surface area contributed by atoms with E-state index in [1.807, 2.05) is 0 Å². The highest BCUT2D eigenvalue weighted by atomic mass is 15.4. The Morgan fingerprint density at radius 1 is 1.08 bits per heavy atom. The highest BCUT2D eigenvalue weighted by molar-refractivity contribution is 5.02. The molecule has 2 heterocycles. The van der Waals surface area contributed by atoms with Crippen LogP contribution >= 0.6 is 0 Å². The summed E-state index contributed by atoms with van der Waals surface area (Å²) in [5.41, 5.74) is 0.376. The van der Waals surface area contributed by atoms with Gasteiger partial charge in [-0.2, -0.15) is 0 Å². The molecule has 0 amide bonds. The highest BCUT2D eigenvalue weighted by Crippen LogP contribution is 2.34. The molecule has 0 N–H and O–H groups in total. The van der Waals surface area contributed by atoms with Crippen molar-refractivity contribution in [1.29, 1.82) is 0 Å². The van der Waals surface area contributed by atoms with Crippen molar-refractivity contribution in [3.05, 3.63) is 0 Å². The molecule has 2 heteroatoms. The zero-order valence-electron chi connectivity index (χ0n) is 8.67. The van der Waals surface area contributed by atoms with Crippen molar-refractivity contribution in [3.8, 4) is 0 Å². The fourth-order valence-corrected chi connectivity index (χ4v) is 2.69. The smallest absolute Gasteiger partial charge is 0.0244 e. The van der Waals surface area contributed by atoms with Crippen LogP contribution in [0.15, 0.2) is 0 Å². The first-order chi connectivity index (χ1) is 5.48. The molecule has 0 aromatic heterocycles. The van der Waals surface area contributed by atoms with Gasteiger partial charge in [0.2, 0.25) is 0 Å². The van der Waals surface area contributed by atoms with E-state index >= 15 is 0 Å². The van der Waals surface area contributed by atoms with Crippen LogP contribution in [0, 0.1) is 0 Å². The number of hydrogen-bond donors (Lipinski definition) is 0. The largest absolute Gasteiger partial charge is 0.301 e. The third-order valence-electron chi connectivity index (χ3n) is 3.38. The summed E-state index contributed by atoms with van der Waals surface area (Å²) in [5.74, 6) is 0. The molecule has 0 aliphatic carbocycles. The predicted octanol–water partition coefficient (Wildman–Crippen LogP) is 1.17. The van der Waals surface area contributed by atoms with Crippen LogP contribution in [0.2, 0.25) is 0 Å². The Morgan fingerprint density at radius 3 is 2.08 bits per heavy atom. The van der Waals surface area contributed by atoms with Crippen molar-refractivity contribution < 1.29 is 0 Å². The number of fused-ring (bicyclic) bond motifs is 2. The normalized spacial score (nSPS) is 38.0. The van der Waals surface area contributed by atoms with Gasteiger partial charge in [-0.05, 0) is 34.2 Å².